The zero-order chi connectivity index (χ0) is 11.5. The Hall–Kier alpha value is -0.610. The van der Waals surface area contributed by atoms with Crippen LogP contribution in [0.5, 0.6) is 0 Å². The standard InChI is InChI=1S/C12H16BrFN2/c1-15-9-4-6-16(7-5-9)10-2-3-11(13)12(14)8-10/h2-3,8-9,15H,4-7H2,1H3. The average Bonchev–Trinajstić information content (AvgIpc) is 2.33. The third-order valence-electron chi connectivity index (χ3n) is 3.17. The highest BCUT2D eigenvalue weighted by atomic mass is 79.9. The summed E-state index contributed by atoms with van der Waals surface area (Å²) in [6, 6.07) is 5.95. The first kappa shape index (κ1) is 11.9. The summed E-state index contributed by atoms with van der Waals surface area (Å²) in [5.74, 6) is -0.187. The number of nitrogens with zero attached hydrogens (tertiary/aromatic N) is 1. The lowest BCUT2D eigenvalue weighted by Gasteiger charge is -2.33. The van der Waals surface area contributed by atoms with E-state index in [0.717, 1.165) is 31.6 Å². The first-order valence-electron chi connectivity index (χ1n) is 5.58. The fourth-order valence-corrected chi connectivity index (χ4v) is 2.35. The van der Waals surface area contributed by atoms with E-state index in [4.69, 9.17) is 0 Å². The molecule has 88 valence electrons. The van der Waals surface area contributed by atoms with E-state index in [1.54, 1.807) is 12.1 Å². The number of benzene rings is 1. The summed E-state index contributed by atoms with van der Waals surface area (Å²) in [4.78, 5) is 2.24. The molecule has 0 amide bonds. The van der Waals surface area contributed by atoms with Crippen molar-refractivity contribution >= 4 is 21.6 Å². The largest absolute Gasteiger partial charge is 0.371 e. The minimum absolute atomic E-state index is 0.187. The van der Waals surface area contributed by atoms with E-state index in [-0.39, 0.29) is 5.82 Å². The average molecular weight is 287 g/mol. The molecule has 1 saturated heterocycles. The number of anilines is 1. The molecule has 2 nitrogen and oxygen atoms in total. The van der Waals surface area contributed by atoms with Crippen LogP contribution in [0.4, 0.5) is 10.1 Å². The first-order chi connectivity index (χ1) is 7.70. The fraction of sp³-hybridized carbons (Fsp3) is 0.500. The molecule has 1 aromatic rings. The maximum absolute atomic E-state index is 13.4. The summed E-state index contributed by atoms with van der Waals surface area (Å²) in [6.07, 6.45) is 2.24. The molecule has 1 heterocycles. The molecule has 0 aliphatic carbocycles. The molecule has 0 radical (unpaired) electrons. The van der Waals surface area contributed by atoms with Crippen molar-refractivity contribution in [1.82, 2.24) is 5.32 Å². The van der Waals surface area contributed by atoms with Crippen molar-refractivity contribution in [2.24, 2.45) is 0 Å². The van der Waals surface area contributed by atoms with Gasteiger partial charge in [0.25, 0.3) is 0 Å². The van der Waals surface area contributed by atoms with Crippen LogP contribution >= 0.6 is 15.9 Å². The van der Waals surface area contributed by atoms with Gasteiger partial charge >= 0.3 is 0 Å². The van der Waals surface area contributed by atoms with Gasteiger partial charge in [-0.2, -0.15) is 0 Å². The predicted molar refractivity (Wildman–Crippen MR) is 68.4 cm³/mol. The van der Waals surface area contributed by atoms with Gasteiger partial charge in [0, 0.05) is 24.8 Å². The minimum atomic E-state index is -0.187. The van der Waals surface area contributed by atoms with E-state index in [9.17, 15) is 4.39 Å². The number of piperidine rings is 1. The minimum Gasteiger partial charge on any atom is -0.371 e. The molecular weight excluding hydrogens is 271 g/mol. The maximum atomic E-state index is 13.4. The van der Waals surface area contributed by atoms with Gasteiger partial charge in [0.2, 0.25) is 0 Å². The Labute approximate surface area is 104 Å². The van der Waals surface area contributed by atoms with E-state index in [1.165, 1.54) is 0 Å². The second-order valence-electron chi connectivity index (χ2n) is 4.15. The van der Waals surface area contributed by atoms with Gasteiger partial charge in [-0.25, -0.2) is 4.39 Å². The number of hydrogen-bond acceptors (Lipinski definition) is 2. The Balaban J connectivity index is 2.05. The fourth-order valence-electron chi connectivity index (χ4n) is 2.11. The summed E-state index contributed by atoms with van der Waals surface area (Å²) < 4.78 is 13.9. The second-order valence-corrected chi connectivity index (χ2v) is 5.00. The zero-order valence-corrected chi connectivity index (χ0v) is 10.9. The third kappa shape index (κ3) is 2.55. The molecule has 4 heteroatoms. The third-order valence-corrected chi connectivity index (χ3v) is 3.81. The molecule has 1 aromatic carbocycles. The molecule has 2 rings (SSSR count). The van der Waals surface area contributed by atoms with Crippen LogP contribution in [0, 0.1) is 5.82 Å². The Morgan fingerprint density at radius 1 is 1.38 bits per heavy atom. The lowest BCUT2D eigenvalue weighted by atomic mass is 10.0. The van der Waals surface area contributed by atoms with Gasteiger partial charge in [0.1, 0.15) is 5.82 Å². The number of hydrogen-bond donors (Lipinski definition) is 1. The smallest absolute Gasteiger partial charge is 0.139 e. The Morgan fingerprint density at radius 3 is 2.62 bits per heavy atom. The van der Waals surface area contributed by atoms with Crippen LogP contribution in [-0.2, 0) is 0 Å². The molecule has 1 fully saturated rings. The van der Waals surface area contributed by atoms with Crippen molar-refractivity contribution in [3.05, 3.63) is 28.5 Å². The molecule has 0 aromatic heterocycles. The van der Waals surface area contributed by atoms with Crippen molar-refractivity contribution < 1.29 is 4.39 Å². The van der Waals surface area contributed by atoms with E-state index in [1.807, 2.05) is 13.1 Å². The zero-order valence-electron chi connectivity index (χ0n) is 9.34. The molecule has 0 atom stereocenters. The molecule has 0 bridgehead atoms. The molecule has 0 unspecified atom stereocenters. The van der Waals surface area contributed by atoms with Crippen molar-refractivity contribution in [1.29, 1.82) is 0 Å². The molecule has 1 N–H and O–H groups in total. The lowest BCUT2D eigenvalue weighted by Crippen LogP contribution is -2.41. The van der Waals surface area contributed by atoms with Gasteiger partial charge in [-0.1, -0.05) is 0 Å². The van der Waals surface area contributed by atoms with Gasteiger partial charge in [-0.3, -0.25) is 0 Å². The number of nitrogens with one attached hydrogen (secondary N) is 1. The Kier molecular flexibility index (Phi) is 3.82. The van der Waals surface area contributed by atoms with Crippen molar-refractivity contribution in [2.75, 3.05) is 25.0 Å². The second kappa shape index (κ2) is 5.15. The topological polar surface area (TPSA) is 15.3 Å². The number of rotatable bonds is 2. The van der Waals surface area contributed by atoms with Crippen LogP contribution in [0.15, 0.2) is 22.7 Å². The van der Waals surface area contributed by atoms with E-state index < -0.39 is 0 Å². The van der Waals surface area contributed by atoms with Crippen LogP contribution in [-0.4, -0.2) is 26.2 Å². The van der Waals surface area contributed by atoms with Gasteiger partial charge in [-0.05, 0) is 54.0 Å². The summed E-state index contributed by atoms with van der Waals surface area (Å²) in [5.41, 5.74) is 0.982. The Bertz CT molecular complexity index is 362. The van der Waals surface area contributed by atoms with Crippen LogP contribution in [0.25, 0.3) is 0 Å². The van der Waals surface area contributed by atoms with Crippen LogP contribution < -0.4 is 10.2 Å². The van der Waals surface area contributed by atoms with E-state index >= 15 is 0 Å². The first-order valence-corrected chi connectivity index (χ1v) is 6.37. The highest BCUT2D eigenvalue weighted by Crippen LogP contribution is 2.24. The highest BCUT2D eigenvalue weighted by Gasteiger charge is 2.18. The van der Waals surface area contributed by atoms with Crippen LogP contribution in [0.3, 0.4) is 0 Å². The van der Waals surface area contributed by atoms with Gasteiger partial charge in [0.15, 0.2) is 0 Å². The molecule has 1 aliphatic rings. The molecular formula is C12H16BrFN2. The monoisotopic (exact) mass is 286 g/mol. The SMILES string of the molecule is CNC1CCN(c2ccc(Br)c(F)c2)CC1. The van der Waals surface area contributed by atoms with Crippen molar-refractivity contribution in [2.45, 2.75) is 18.9 Å². The summed E-state index contributed by atoms with van der Waals surface area (Å²) in [7, 11) is 2.00. The summed E-state index contributed by atoms with van der Waals surface area (Å²) in [5, 5.41) is 3.29. The van der Waals surface area contributed by atoms with Crippen LogP contribution in [0.2, 0.25) is 0 Å². The van der Waals surface area contributed by atoms with Gasteiger partial charge in [-0.15, -0.1) is 0 Å². The molecule has 16 heavy (non-hydrogen) atoms. The van der Waals surface area contributed by atoms with Crippen molar-refractivity contribution in [3.63, 3.8) is 0 Å². The van der Waals surface area contributed by atoms with E-state index in [2.05, 4.69) is 26.1 Å². The van der Waals surface area contributed by atoms with Gasteiger partial charge < -0.3 is 10.2 Å². The van der Waals surface area contributed by atoms with E-state index in [0.29, 0.717) is 10.5 Å². The molecule has 0 saturated carbocycles. The highest BCUT2D eigenvalue weighted by molar-refractivity contribution is 9.10. The number of halogens is 2. The molecule has 1 aliphatic heterocycles. The molecule has 0 spiro atoms. The lowest BCUT2D eigenvalue weighted by molar-refractivity contribution is 0.442. The Morgan fingerprint density at radius 2 is 2.06 bits per heavy atom. The van der Waals surface area contributed by atoms with Gasteiger partial charge in [0.05, 0.1) is 4.47 Å². The summed E-state index contributed by atoms with van der Waals surface area (Å²) >= 11 is 3.17. The normalized spacial score (nSPS) is 17.8. The predicted octanol–water partition coefficient (Wildman–Crippen LogP) is 2.78. The quantitative estimate of drug-likeness (QED) is 0.899. The maximum Gasteiger partial charge on any atom is 0.139 e. The van der Waals surface area contributed by atoms with Crippen LogP contribution in [0.1, 0.15) is 12.8 Å². The summed E-state index contributed by atoms with van der Waals surface area (Å²) in [6.45, 7) is 1.99. The van der Waals surface area contributed by atoms with Crippen molar-refractivity contribution in [3.8, 4) is 0 Å².